The number of methoxy groups -OCH3 is 1. The molecule has 1 aliphatic rings. The molecular formula is C19H21F3N6O2. The molecule has 1 unspecified atom stereocenters. The first-order valence-electron chi connectivity index (χ1n) is 8.85. The number of aromatic nitrogens is 2. The number of ether oxygens (including phenoxy) is 2. The van der Waals surface area contributed by atoms with E-state index in [0.717, 1.165) is 16.8 Å². The second kappa shape index (κ2) is 8.28. The molecule has 1 aromatic heterocycles. The number of rotatable bonds is 6. The second-order valence-electron chi connectivity index (χ2n) is 6.71. The summed E-state index contributed by atoms with van der Waals surface area (Å²) in [5.74, 6) is -0.947. The first kappa shape index (κ1) is 21.5. The Morgan fingerprint density at radius 2 is 2.00 bits per heavy atom. The van der Waals surface area contributed by atoms with Crippen molar-refractivity contribution < 1.29 is 22.6 Å². The van der Waals surface area contributed by atoms with Gasteiger partial charge in [0.25, 0.3) is 0 Å². The SMILES string of the molecule is COc1cc(C2(N)N=C(N)C=C(COCC(F)(F)F)N2)ccc1-c1cnnc(C)c1. The van der Waals surface area contributed by atoms with Crippen LogP contribution in [0.4, 0.5) is 13.2 Å². The Labute approximate surface area is 170 Å². The van der Waals surface area contributed by atoms with E-state index in [2.05, 4.69) is 25.2 Å². The van der Waals surface area contributed by atoms with Crippen LogP contribution < -0.4 is 21.5 Å². The fourth-order valence-corrected chi connectivity index (χ4v) is 3.00. The molecule has 3 rings (SSSR count). The first-order chi connectivity index (χ1) is 14.1. The maximum atomic E-state index is 12.3. The fourth-order valence-electron chi connectivity index (χ4n) is 3.00. The van der Waals surface area contributed by atoms with E-state index in [-0.39, 0.29) is 18.1 Å². The van der Waals surface area contributed by atoms with Gasteiger partial charge in [0.1, 0.15) is 18.2 Å². The van der Waals surface area contributed by atoms with Gasteiger partial charge in [-0.05, 0) is 19.1 Å². The summed E-state index contributed by atoms with van der Waals surface area (Å²) < 4.78 is 47.2. The zero-order valence-electron chi connectivity index (χ0n) is 16.3. The quantitative estimate of drug-likeness (QED) is 0.651. The molecule has 2 aromatic rings. The lowest BCUT2D eigenvalue weighted by molar-refractivity contribution is -0.172. The number of nitrogens with zero attached hydrogens (tertiary/aromatic N) is 3. The number of hydrogen-bond acceptors (Lipinski definition) is 8. The van der Waals surface area contributed by atoms with Crippen molar-refractivity contribution in [3.05, 3.63) is 53.5 Å². The molecule has 0 saturated heterocycles. The third kappa shape index (κ3) is 5.05. The van der Waals surface area contributed by atoms with Crippen LogP contribution in [0.5, 0.6) is 5.75 Å². The zero-order valence-corrected chi connectivity index (χ0v) is 16.3. The molecule has 0 aliphatic carbocycles. The van der Waals surface area contributed by atoms with Crippen LogP contribution in [0, 0.1) is 6.92 Å². The molecule has 0 bridgehead atoms. The van der Waals surface area contributed by atoms with Gasteiger partial charge in [0, 0.05) is 28.5 Å². The van der Waals surface area contributed by atoms with E-state index < -0.39 is 18.6 Å². The Hall–Kier alpha value is -3.18. The average molecular weight is 422 g/mol. The Bertz CT molecular complexity index is 992. The van der Waals surface area contributed by atoms with Gasteiger partial charge in [0.2, 0.25) is 5.79 Å². The van der Waals surface area contributed by atoms with Gasteiger partial charge in [-0.15, -0.1) is 0 Å². The molecule has 0 spiro atoms. The minimum atomic E-state index is -4.43. The van der Waals surface area contributed by atoms with Crippen molar-refractivity contribution in [3.8, 4) is 16.9 Å². The number of nitrogens with two attached hydrogens (primary N) is 2. The van der Waals surface area contributed by atoms with Crippen molar-refractivity contribution in [2.45, 2.75) is 18.9 Å². The molecule has 0 radical (unpaired) electrons. The van der Waals surface area contributed by atoms with Gasteiger partial charge in [0.05, 0.1) is 25.6 Å². The fraction of sp³-hybridized carbons (Fsp3) is 0.316. The lowest BCUT2D eigenvalue weighted by Crippen LogP contribution is -2.52. The number of amidine groups is 1. The molecule has 11 heteroatoms. The molecule has 0 fully saturated rings. The van der Waals surface area contributed by atoms with Gasteiger partial charge in [0.15, 0.2) is 0 Å². The van der Waals surface area contributed by atoms with Crippen LogP contribution in [-0.4, -0.2) is 42.5 Å². The zero-order chi connectivity index (χ0) is 21.9. The highest BCUT2D eigenvalue weighted by molar-refractivity contribution is 5.93. The Morgan fingerprint density at radius 1 is 1.23 bits per heavy atom. The summed E-state index contributed by atoms with van der Waals surface area (Å²) in [6.45, 7) is 0.0821. The van der Waals surface area contributed by atoms with E-state index in [9.17, 15) is 13.2 Å². The molecule has 1 atom stereocenters. The highest BCUT2D eigenvalue weighted by Gasteiger charge is 2.32. The average Bonchev–Trinajstić information content (AvgIpc) is 2.66. The molecular weight excluding hydrogens is 401 g/mol. The number of benzene rings is 1. The summed E-state index contributed by atoms with van der Waals surface area (Å²) >= 11 is 0. The van der Waals surface area contributed by atoms with Crippen LogP contribution in [0.2, 0.25) is 0 Å². The van der Waals surface area contributed by atoms with Gasteiger partial charge in [-0.3, -0.25) is 5.73 Å². The predicted molar refractivity (Wildman–Crippen MR) is 104 cm³/mol. The van der Waals surface area contributed by atoms with Crippen molar-refractivity contribution in [1.82, 2.24) is 15.5 Å². The van der Waals surface area contributed by atoms with Gasteiger partial charge in [-0.25, -0.2) is 4.99 Å². The number of alkyl halides is 3. The van der Waals surface area contributed by atoms with Crippen LogP contribution in [0.15, 0.2) is 47.2 Å². The van der Waals surface area contributed by atoms with Crippen LogP contribution >= 0.6 is 0 Å². The third-order valence-corrected chi connectivity index (χ3v) is 4.23. The van der Waals surface area contributed by atoms with Gasteiger partial charge < -0.3 is 20.5 Å². The Morgan fingerprint density at radius 3 is 2.67 bits per heavy atom. The van der Waals surface area contributed by atoms with Gasteiger partial charge >= 0.3 is 6.18 Å². The van der Waals surface area contributed by atoms with E-state index in [1.807, 2.05) is 13.0 Å². The lowest BCUT2D eigenvalue weighted by atomic mass is 10.00. The molecule has 160 valence electrons. The Balaban J connectivity index is 1.86. The van der Waals surface area contributed by atoms with Crippen LogP contribution in [0.3, 0.4) is 0 Å². The van der Waals surface area contributed by atoms with Gasteiger partial charge in [-0.1, -0.05) is 12.1 Å². The molecule has 8 nitrogen and oxygen atoms in total. The van der Waals surface area contributed by atoms with Crippen LogP contribution in [-0.2, 0) is 10.5 Å². The number of hydrogen-bond donors (Lipinski definition) is 3. The summed E-state index contributed by atoms with van der Waals surface area (Å²) in [5.41, 5.74) is 15.3. The van der Waals surface area contributed by atoms with Crippen LogP contribution in [0.1, 0.15) is 11.3 Å². The van der Waals surface area contributed by atoms with E-state index in [4.69, 9.17) is 16.2 Å². The molecule has 1 aromatic carbocycles. The molecule has 2 heterocycles. The van der Waals surface area contributed by atoms with Crippen molar-refractivity contribution in [2.24, 2.45) is 16.5 Å². The highest BCUT2D eigenvalue weighted by atomic mass is 19.4. The molecule has 30 heavy (non-hydrogen) atoms. The molecule has 1 aliphatic heterocycles. The molecule has 5 N–H and O–H groups in total. The van der Waals surface area contributed by atoms with E-state index >= 15 is 0 Å². The number of halogens is 3. The van der Waals surface area contributed by atoms with E-state index in [1.54, 1.807) is 24.4 Å². The number of aliphatic imine (C=N–C) groups is 1. The second-order valence-corrected chi connectivity index (χ2v) is 6.71. The van der Waals surface area contributed by atoms with E-state index in [1.165, 1.54) is 13.2 Å². The smallest absolute Gasteiger partial charge is 0.411 e. The Kier molecular flexibility index (Phi) is 5.94. The normalized spacial score (nSPS) is 19.0. The van der Waals surface area contributed by atoms with Crippen molar-refractivity contribution >= 4 is 5.84 Å². The van der Waals surface area contributed by atoms with Crippen molar-refractivity contribution in [3.63, 3.8) is 0 Å². The number of aryl methyl sites for hydroxylation is 1. The standard InChI is InChI=1S/C19H21F3N6O2/c1-11-5-12(8-25-28-11)15-4-3-13(6-16(15)29-2)19(24)26-14(7-17(23)27-19)9-30-10-18(20,21)22/h3-8,26H,9-10,24H2,1-2H3,(H2,23,27). The predicted octanol–water partition coefficient (Wildman–Crippen LogP) is 1.95. The van der Waals surface area contributed by atoms with Gasteiger partial charge in [-0.2, -0.15) is 23.4 Å². The lowest BCUT2D eigenvalue weighted by Gasteiger charge is -2.33. The van der Waals surface area contributed by atoms with E-state index in [0.29, 0.717) is 11.3 Å². The maximum Gasteiger partial charge on any atom is 0.411 e. The monoisotopic (exact) mass is 422 g/mol. The summed E-state index contributed by atoms with van der Waals surface area (Å²) in [6.07, 6.45) is -1.45. The minimum Gasteiger partial charge on any atom is -0.496 e. The van der Waals surface area contributed by atoms with Crippen molar-refractivity contribution in [2.75, 3.05) is 20.3 Å². The summed E-state index contributed by atoms with van der Waals surface area (Å²) in [6, 6.07) is 7.03. The van der Waals surface area contributed by atoms with Crippen LogP contribution in [0.25, 0.3) is 11.1 Å². The summed E-state index contributed by atoms with van der Waals surface area (Å²) in [4.78, 5) is 4.21. The summed E-state index contributed by atoms with van der Waals surface area (Å²) in [5, 5.41) is 10.8. The van der Waals surface area contributed by atoms with Crippen molar-refractivity contribution in [1.29, 1.82) is 0 Å². The molecule has 0 saturated carbocycles. The first-order valence-corrected chi connectivity index (χ1v) is 8.85. The summed E-state index contributed by atoms with van der Waals surface area (Å²) in [7, 11) is 1.51. The minimum absolute atomic E-state index is 0.0545. The topological polar surface area (TPSA) is 121 Å². The maximum absolute atomic E-state index is 12.3. The molecule has 0 amide bonds. The largest absolute Gasteiger partial charge is 0.496 e. The highest BCUT2D eigenvalue weighted by Crippen LogP contribution is 2.34. The number of nitrogens with one attached hydrogen (secondary N) is 1. The third-order valence-electron chi connectivity index (χ3n) is 4.23.